The molecule has 16 heavy (non-hydrogen) atoms. The summed E-state index contributed by atoms with van der Waals surface area (Å²) in [6, 6.07) is 15.8. The van der Waals surface area contributed by atoms with Crippen LogP contribution < -0.4 is 10.9 Å². The molecule has 2 aromatic rings. The number of aromatic nitrogens is 1. The second-order valence-corrected chi connectivity index (χ2v) is 3.23. The summed E-state index contributed by atoms with van der Waals surface area (Å²) < 4.78 is 0. The third-order valence-corrected chi connectivity index (χ3v) is 2.02. The van der Waals surface area contributed by atoms with Gasteiger partial charge in [0, 0.05) is 12.4 Å². The highest BCUT2D eigenvalue weighted by molar-refractivity contribution is 5.48. The zero-order chi connectivity index (χ0) is 11.1. The average molecular weight is 211 g/mol. The normalized spacial score (nSPS) is 10.2. The molecule has 80 valence electrons. The summed E-state index contributed by atoms with van der Waals surface area (Å²) in [5.74, 6) is 0.792. The van der Waals surface area contributed by atoms with E-state index in [1.165, 1.54) is 0 Å². The molecule has 2 N–H and O–H groups in total. The van der Waals surface area contributed by atoms with Gasteiger partial charge in [0.25, 0.3) is 0 Å². The fourth-order valence-electron chi connectivity index (χ4n) is 1.25. The molecule has 1 aromatic carbocycles. The van der Waals surface area contributed by atoms with Crippen molar-refractivity contribution >= 4 is 11.9 Å². The van der Waals surface area contributed by atoms with E-state index >= 15 is 0 Å². The molecule has 0 saturated carbocycles. The summed E-state index contributed by atoms with van der Waals surface area (Å²) in [5.41, 5.74) is 7.07. The molecule has 0 atom stereocenters. The van der Waals surface area contributed by atoms with Crippen LogP contribution in [-0.2, 0) is 0 Å². The lowest BCUT2D eigenvalue weighted by atomic mass is 10.2. The van der Waals surface area contributed by atoms with E-state index in [0.29, 0.717) is 0 Å². The van der Waals surface area contributed by atoms with Crippen LogP contribution in [0.15, 0.2) is 60.9 Å². The summed E-state index contributed by atoms with van der Waals surface area (Å²) in [4.78, 5) is 4.12. The predicted molar refractivity (Wildman–Crippen MR) is 66.5 cm³/mol. The summed E-state index contributed by atoms with van der Waals surface area (Å²) in [6.07, 6.45) is 5.56. The van der Waals surface area contributed by atoms with Crippen molar-refractivity contribution in [1.29, 1.82) is 0 Å². The Morgan fingerprint density at radius 1 is 0.938 bits per heavy atom. The molecular formula is C13H13N3. The highest BCUT2D eigenvalue weighted by Crippen LogP contribution is 2.00. The first-order valence-electron chi connectivity index (χ1n) is 5.09. The van der Waals surface area contributed by atoms with Gasteiger partial charge >= 0.3 is 0 Å². The minimum atomic E-state index is 0.792. The van der Waals surface area contributed by atoms with Gasteiger partial charge in [0.05, 0.1) is 0 Å². The molecule has 3 nitrogen and oxygen atoms in total. The molecule has 0 aliphatic rings. The number of hydrazine groups is 1. The number of nitrogens with zero attached hydrogens (tertiary/aromatic N) is 1. The zero-order valence-corrected chi connectivity index (χ0v) is 8.80. The van der Waals surface area contributed by atoms with Gasteiger partial charge in [-0.2, -0.15) is 0 Å². The lowest BCUT2D eigenvalue weighted by Gasteiger charge is -2.03. The minimum absolute atomic E-state index is 0.792. The Morgan fingerprint density at radius 3 is 2.50 bits per heavy atom. The summed E-state index contributed by atoms with van der Waals surface area (Å²) >= 11 is 0. The fourth-order valence-corrected chi connectivity index (χ4v) is 1.25. The standard InChI is InChI=1S/C13H13N3/c1-2-6-12(7-3-1)9-11-15-16-13-8-4-5-10-14-13/h1-11,15H,(H,14,16)/b11-9+. The molecule has 3 heteroatoms. The van der Waals surface area contributed by atoms with E-state index < -0.39 is 0 Å². The second kappa shape index (κ2) is 5.56. The van der Waals surface area contributed by atoms with Crippen molar-refractivity contribution in [3.05, 3.63) is 66.5 Å². The SMILES string of the molecule is C(=C\c1ccccc1)/NNc1ccccn1. The highest BCUT2D eigenvalue weighted by atomic mass is 15.4. The number of hydrogen-bond donors (Lipinski definition) is 2. The summed E-state index contributed by atoms with van der Waals surface area (Å²) in [5, 5.41) is 0. The maximum atomic E-state index is 4.12. The van der Waals surface area contributed by atoms with Crippen molar-refractivity contribution in [3.63, 3.8) is 0 Å². The molecule has 0 bridgehead atoms. The van der Waals surface area contributed by atoms with E-state index in [4.69, 9.17) is 0 Å². The van der Waals surface area contributed by atoms with E-state index in [2.05, 4.69) is 15.8 Å². The van der Waals surface area contributed by atoms with E-state index in [1.54, 1.807) is 6.20 Å². The summed E-state index contributed by atoms with van der Waals surface area (Å²) in [6.45, 7) is 0. The smallest absolute Gasteiger partial charge is 0.144 e. The summed E-state index contributed by atoms with van der Waals surface area (Å²) in [7, 11) is 0. The van der Waals surface area contributed by atoms with Crippen molar-refractivity contribution in [2.45, 2.75) is 0 Å². The lowest BCUT2D eigenvalue weighted by Crippen LogP contribution is -2.14. The second-order valence-electron chi connectivity index (χ2n) is 3.23. The first-order chi connectivity index (χ1) is 7.95. The predicted octanol–water partition coefficient (Wildman–Crippen LogP) is 2.67. The van der Waals surface area contributed by atoms with Crippen LogP contribution in [0.2, 0.25) is 0 Å². The van der Waals surface area contributed by atoms with Crippen LogP contribution in [0.1, 0.15) is 5.56 Å². The van der Waals surface area contributed by atoms with Crippen molar-refractivity contribution in [2.75, 3.05) is 5.43 Å². The van der Waals surface area contributed by atoms with Gasteiger partial charge in [0.1, 0.15) is 5.82 Å². The first kappa shape index (κ1) is 10.2. The van der Waals surface area contributed by atoms with Gasteiger partial charge in [0.2, 0.25) is 0 Å². The monoisotopic (exact) mass is 211 g/mol. The van der Waals surface area contributed by atoms with Crippen molar-refractivity contribution in [1.82, 2.24) is 10.4 Å². The molecule has 0 radical (unpaired) electrons. The van der Waals surface area contributed by atoms with Gasteiger partial charge in [0.15, 0.2) is 0 Å². The third-order valence-electron chi connectivity index (χ3n) is 2.02. The van der Waals surface area contributed by atoms with E-state index in [1.807, 2.05) is 60.8 Å². The average Bonchev–Trinajstić information content (AvgIpc) is 2.37. The van der Waals surface area contributed by atoms with E-state index in [0.717, 1.165) is 11.4 Å². The van der Waals surface area contributed by atoms with Crippen LogP contribution in [0, 0.1) is 0 Å². The topological polar surface area (TPSA) is 37.0 Å². The molecule has 1 heterocycles. The molecule has 0 saturated heterocycles. The van der Waals surface area contributed by atoms with Gasteiger partial charge in [-0.15, -0.1) is 0 Å². The minimum Gasteiger partial charge on any atom is -0.307 e. The maximum Gasteiger partial charge on any atom is 0.144 e. The van der Waals surface area contributed by atoms with Crippen LogP contribution in [0.5, 0.6) is 0 Å². The number of benzene rings is 1. The van der Waals surface area contributed by atoms with Gasteiger partial charge in [-0.1, -0.05) is 36.4 Å². The fraction of sp³-hybridized carbons (Fsp3) is 0. The van der Waals surface area contributed by atoms with E-state index in [-0.39, 0.29) is 0 Å². The van der Waals surface area contributed by atoms with Crippen molar-refractivity contribution < 1.29 is 0 Å². The van der Waals surface area contributed by atoms with Crippen LogP contribution in [-0.4, -0.2) is 4.98 Å². The molecular weight excluding hydrogens is 198 g/mol. The molecule has 0 aliphatic carbocycles. The largest absolute Gasteiger partial charge is 0.307 e. The number of anilines is 1. The first-order valence-corrected chi connectivity index (χ1v) is 5.09. The van der Waals surface area contributed by atoms with Gasteiger partial charge in [-0.25, -0.2) is 4.98 Å². The molecule has 2 rings (SSSR count). The Bertz CT molecular complexity index is 437. The van der Waals surface area contributed by atoms with Crippen LogP contribution >= 0.6 is 0 Å². The third kappa shape index (κ3) is 3.13. The Balaban J connectivity index is 1.83. The van der Waals surface area contributed by atoms with E-state index in [9.17, 15) is 0 Å². The molecule has 0 spiro atoms. The van der Waals surface area contributed by atoms with Crippen molar-refractivity contribution in [2.24, 2.45) is 0 Å². The van der Waals surface area contributed by atoms with Crippen LogP contribution in [0.3, 0.4) is 0 Å². The van der Waals surface area contributed by atoms with Gasteiger partial charge in [-0.3, -0.25) is 5.43 Å². The maximum absolute atomic E-state index is 4.12. The van der Waals surface area contributed by atoms with Gasteiger partial charge < -0.3 is 5.43 Å². The van der Waals surface area contributed by atoms with Gasteiger partial charge in [-0.05, 0) is 23.8 Å². The zero-order valence-electron chi connectivity index (χ0n) is 8.80. The molecule has 0 aliphatic heterocycles. The number of hydrogen-bond acceptors (Lipinski definition) is 3. The highest BCUT2D eigenvalue weighted by Gasteiger charge is 1.86. The number of pyridine rings is 1. The van der Waals surface area contributed by atoms with Crippen LogP contribution in [0.4, 0.5) is 5.82 Å². The number of nitrogens with one attached hydrogen (secondary N) is 2. The number of rotatable bonds is 4. The Morgan fingerprint density at radius 2 is 1.75 bits per heavy atom. The molecule has 0 fully saturated rings. The molecule has 0 unspecified atom stereocenters. The lowest BCUT2D eigenvalue weighted by molar-refractivity contribution is 1.04. The quantitative estimate of drug-likeness (QED) is 0.763. The molecule has 0 amide bonds. The Hall–Kier alpha value is -2.29. The van der Waals surface area contributed by atoms with Crippen LogP contribution in [0.25, 0.3) is 6.08 Å². The Labute approximate surface area is 94.8 Å². The Kier molecular flexibility index (Phi) is 3.55. The van der Waals surface area contributed by atoms with Crippen molar-refractivity contribution in [3.8, 4) is 0 Å². The molecule has 1 aromatic heterocycles.